The van der Waals surface area contributed by atoms with E-state index in [-0.39, 0.29) is 4.90 Å². The predicted molar refractivity (Wildman–Crippen MR) is 78.5 cm³/mol. The molecule has 0 amide bonds. The Morgan fingerprint density at radius 3 is 2.60 bits per heavy atom. The van der Waals surface area contributed by atoms with Gasteiger partial charge in [-0.05, 0) is 12.1 Å². The fourth-order valence-corrected chi connectivity index (χ4v) is 2.84. The van der Waals surface area contributed by atoms with E-state index in [1.807, 2.05) is 0 Å². The highest BCUT2D eigenvalue weighted by molar-refractivity contribution is 7.89. The van der Waals surface area contributed by atoms with Crippen LogP contribution in [0.2, 0.25) is 0 Å². The molecule has 0 saturated carbocycles. The molecule has 2 N–H and O–H groups in total. The predicted octanol–water partition coefficient (Wildman–Crippen LogP) is 1.06. The maximum Gasteiger partial charge on any atom is 0.242 e. The van der Waals surface area contributed by atoms with Gasteiger partial charge in [-0.3, -0.25) is 0 Å². The highest BCUT2D eigenvalue weighted by Gasteiger charge is 2.16. The minimum absolute atomic E-state index is 0.249. The summed E-state index contributed by atoms with van der Waals surface area (Å²) in [4.78, 5) is 0.249. The number of hydrogen-bond donors (Lipinski definition) is 2. The van der Waals surface area contributed by atoms with Crippen molar-refractivity contribution in [1.29, 1.82) is 0 Å². The van der Waals surface area contributed by atoms with Crippen molar-refractivity contribution in [2.24, 2.45) is 0 Å². The van der Waals surface area contributed by atoms with Crippen molar-refractivity contribution in [2.45, 2.75) is 11.8 Å². The van der Waals surface area contributed by atoms with Crippen LogP contribution < -0.4 is 10.0 Å². The molecule has 0 radical (unpaired) electrons. The van der Waals surface area contributed by atoms with E-state index < -0.39 is 10.0 Å². The fraction of sp³-hybridized carbons (Fsp3) is 0.538. The Balaban J connectivity index is 2.58. The third-order valence-corrected chi connectivity index (χ3v) is 4.11. The zero-order valence-electron chi connectivity index (χ0n) is 11.9. The maximum atomic E-state index is 12.0. The van der Waals surface area contributed by atoms with Crippen molar-refractivity contribution in [3.05, 3.63) is 24.3 Å². The molecule has 0 aliphatic rings. The maximum absolute atomic E-state index is 12.0. The molecule has 6 nitrogen and oxygen atoms in total. The van der Waals surface area contributed by atoms with Crippen molar-refractivity contribution in [3.8, 4) is 0 Å². The van der Waals surface area contributed by atoms with Gasteiger partial charge < -0.3 is 14.8 Å². The van der Waals surface area contributed by atoms with Crippen molar-refractivity contribution in [3.63, 3.8) is 0 Å². The molecular formula is C13H22N2O4S. The van der Waals surface area contributed by atoms with E-state index in [0.29, 0.717) is 38.6 Å². The smallest absolute Gasteiger partial charge is 0.242 e. The van der Waals surface area contributed by atoms with Crippen LogP contribution in [-0.2, 0) is 19.5 Å². The largest absolute Gasteiger partial charge is 0.382 e. The van der Waals surface area contributed by atoms with Crippen LogP contribution in [0.25, 0.3) is 0 Å². The highest BCUT2D eigenvalue weighted by Crippen LogP contribution is 2.20. The van der Waals surface area contributed by atoms with Gasteiger partial charge in [0.05, 0.1) is 25.5 Å². The van der Waals surface area contributed by atoms with Crippen molar-refractivity contribution in [2.75, 3.05) is 45.3 Å². The summed E-state index contributed by atoms with van der Waals surface area (Å²) in [5.41, 5.74) is 0.573. The van der Waals surface area contributed by atoms with Crippen LogP contribution in [0.5, 0.6) is 0 Å². The lowest BCUT2D eigenvalue weighted by molar-refractivity contribution is 0.0759. The van der Waals surface area contributed by atoms with Gasteiger partial charge in [0.1, 0.15) is 4.90 Å². The molecule has 1 rings (SSSR count). The molecule has 1 aromatic carbocycles. The average molecular weight is 302 g/mol. The highest BCUT2D eigenvalue weighted by atomic mass is 32.2. The van der Waals surface area contributed by atoms with E-state index >= 15 is 0 Å². The number of methoxy groups -OCH3 is 1. The average Bonchev–Trinajstić information content (AvgIpc) is 2.43. The molecule has 20 heavy (non-hydrogen) atoms. The van der Waals surface area contributed by atoms with Gasteiger partial charge in [-0.15, -0.1) is 0 Å². The number of anilines is 1. The summed E-state index contributed by atoms with van der Waals surface area (Å²) in [7, 11) is -1.85. The summed E-state index contributed by atoms with van der Waals surface area (Å²) in [5.74, 6) is 0. The Kier molecular flexibility index (Phi) is 7.53. The van der Waals surface area contributed by atoms with Crippen LogP contribution >= 0.6 is 0 Å². The molecule has 1 aromatic rings. The summed E-state index contributed by atoms with van der Waals surface area (Å²) >= 11 is 0. The second kappa shape index (κ2) is 8.91. The molecule has 0 heterocycles. The number of para-hydroxylation sites is 1. The van der Waals surface area contributed by atoms with Crippen molar-refractivity contribution < 1.29 is 17.9 Å². The molecule has 0 fully saturated rings. The van der Waals surface area contributed by atoms with Gasteiger partial charge in [0.25, 0.3) is 0 Å². The monoisotopic (exact) mass is 302 g/mol. The van der Waals surface area contributed by atoms with E-state index in [1.165, 1.54) is 0 Å². The first-order chi connectivity index (χ1) is 9.61. The van der Waals surface area contributed by atoms with Gasteiger partial charge in [0.15, 0.2) is 0 Å². The van der Waals surface area contributed by atoms with Crippen LogP contribution in [0.15, 0.2) is 29.2 Å². The Morgan fingerprint density at radius 1 is 1.15 bits per heavy atom. The molecule has 0 unspecified atom stereocenters. The zero-order chi connectivity index (χ0) is 14.8. The molecule has 0 aliphatic heterocycles. The van der Waals surface area contributed by atoms with Gasteiger partial charge in [-0.1, -0.05) is 19.1 Å². The number of benzene rings is 1. The molecule has 0 saturated heterocycles. The van der Waals surface area contributed by atoms with Gasteiger partial charge in [-0.25, -0.2) is 13.1 Å². The lowest BCUT2D eigenvalue weighted by Gasteiger charge is -2.12. The van der Waals surface area contributed by atoms with Crippen molar-refractivity contribution >= 4 is 15.7 Å². The number of ether oxygens (including phenoxy) is 2. The molecule has 0 aromatic heterocycles. The number of sulfonamides is 1. The van der Waals surface area contributed by atoms with Crippen LogP contribution in [0, 0.1) is 0 Å². The van der Waals surface area contributed by atoms with E-state index in [0.717, 1.165) is 0 Å². The van der Waals surface area contributed by atoms with Crippen molar-refractivity contribution in [1.82, 2.24) is 4.72 Å². The Hall–Kier alpha value is -1.15. The summed E-state index contributed by atoms with van der Waals surface area (Å²) in [6, 6.07) is 6.80. The van der Waals surface area contributed by atoms with E-state index in [2.05, 4.69) is 10.0 Å². The molecular weight excluding hydrogens is 280 g/mol. The molecule has 7 heteroatoms. The third-order valence-electron chi connectivity index (χ3n) is 2.50. The Morgan fingerprint density at radius 2 is 1.90 bits per heavy atom. The van der Waals surface area contributed by atoms with Gasteiger partial charge in [0, 0.05) is 20.2 Å². The lowest BCUT2D eigenvalue weighted by Crippen LogP contribution is -2.24. The van der Waals surface area contributed by atoms with E-state index in [1.54, 1.807) is 38.3 Å². The van der Waals surface area contributed by atoms with E-state index in [4.69, 9.17) is 9.47 Å². The van der Waals surface area contributed by atoms with E-state index in [9.17, 15) is 8.42 Å². The zero-order valence-corrected chi connectivity index (χ0v) is 12.7. The Bertz CT molecular complexity index is 491. The van der Waals surface area contributed by atoms with Crippen LogP contribution in [0.3, 0.4) is 0 Å². The molecule has 0 spiro atoms. The second-order valence-electron chi connectivity index (χ2n) is 4.03. The Labute approximate surface area is 120 Å². The van der Waals surface area contributed by atoms with Crippen LogP contribution in [0.4, 0.5) is 5.69 Å². The third kappa shape index (κ3) is 5.46. The van der Waals surface area contributed by atoms with Gasteiger partial charge in [-0.2, -0.15) is 0 Å². The van der Waals surface area contributed by atoms with Gasteiger partial charge in [0.2, 0.25) is 10.0 Å². The van der Waals surface area contributed by atoms with Crippen LogP contribution in [-0.4, -0.2) is 48.4 Å². The topological polar surface area (TPSA) is 76.7 Å². The van der Waals surface area contributed by atoms with Gasteiger partial charge >= 0.3 is 0 Å². The van der Waals surface area contributed by atoms with Crippen LogP contribution in [0.1, 0.15) is 6.92 Å². The SMILES string of the molecule is CCNS(=O)(=O)c1ccccc1NCCOCCOC. The first-order valence-electron chi connectivity index (χ1n) is 6.51. The molecule has 0 aliphatic carbocycles. The lowest BCUT2D eigenvalue weighted by atomic mass is 10.3. The summed E-state index contributed by atoms with van der Waals surface area (Å²) in [5, 5.41) is 3.07. The molecule has 0 atom stereocenters. The standard InChI is InChI=1S/C13H22N2O4S/c1-3-15-20(16,17)13-7-5-4-6-12(13)14-8-9-19-11-10-18-2/h4-7,14-15H,3,8-11H2,1-2H3. The quantitative estimate of drug-likeness (QED) is 0.632. The summed E-state index contributed by atoms with van der Waals surface area (Å²) < 4.78 is 36.7. The minimum atomic E-state index is -3.47. The first kappa shape index (κ1) is 16.9. The minimum Gasteiger partial charge on any atom is -0.382 e. The summed E-state index contributed by atoms with van der Waals surface area (Å²) in [6.45, 7) is 4.19. The molecule has 114 valence electrons. The number of hydrogen-bond acceptors (Lipinski definition) is 5. The first-order valence-corrected chi connectivity index (χ1v) is 7.99. The number of nitrogens with one attached hydrogen (secondary N) is 2. The normalized spacial score (nSPS) is 11.5. The molecule has 0 bridgehead atoms. The fourth-order valence-electron chi connectivity index (χ4n) is 1.62. The second-order valence-corrected chi connectivity index (χ2v) is 5.76. The summed E-state index contributed by atoms with van der Waals surface area (Å²) in [6.07, 6.45) is 0. The number of rotatable bonds is 10.